The molecule has 0 spiro atoms. The van der Waals surface area contributed by atoms with E-state index in [0.717, 1.165) is 28.3 Å². The van der Waals surface area contributed by atoms with Crippen molar-refractivity contribution in [2.75, 3.05) is 12.4 Å². The standard InChI is InChI=1S/C22H19F3N4O2S2/c1-12-8-13(10-14(9-12)28-20-26-6-4-17(29-20)22(23,24)25)16-11-27-19(33-16)21(2,30)18-15(31-3)5-7-32-18/h4-11,30H,1-3H3,(H,26,28,29). The van der Waals surface area contributed by atoms with E-state index in [1.165, 1.54) is 22.7 Å². The monoisotopic (exact) mass is 492 g/mol. The Kier molecular flexibility index (Phi) is 6.12. The van der Waals surface area contributed by atoms with Gasteiger partial charge >= 0.3 is 6.18 Å². The molecule has 0 saturated carbocycles. The summed E-state index contributed by atoms with van der Waals surface area (Å²) in [6, 6.07) is 8.09. The fourth-order valence-corrected chi connectivity index (χ4v) is 5.19. The Hall–Kier alpha value is -3.02. The Morgan fingerprint density at radius 2 is 1.91 bits per heavy atom. The number of aliphatic hydroxyl groups is 1. The zero-order chi connectivity index (χ0) is 23.8. The van der Waals surface area contributed by atoms with Crippen LogP contribution in [0, 0.1) is 6.92 Å². The third-order valence-corrected chi connectivity index (χ3v) is 7.14. The van der Waals surface area contributed by atoms with E-state index < -0.39 is 17.5 Å². The molecular formula is C22H19F3N4O2S2. The average Bonchev–Trinajstić information content (AvgIpc) is 3.43. The molecule has 4 aromatic rings. The third-order valence-electron chi connectivity index (χ3n) is 4.78. The van der Waals surface area contributed by atoms with Gasteiger partial charge in [-0.15, -0.1) is 22.7 Å². The van der Waals surface area contributed by atoms with Crippen LogP contribution in [0.2, 0.25) is 0 Å². The van der Waals surface area contributed by atoms with Gasteiger partial charge in [0.15, 0.2) is 5.60 Å². The minimum atomic E-state index is -4.56. The number of alkyl halides is 3. The van der Waals surface area contributed by atoms with Gasteiger partial charge in [0.25, 0.3) is 0 Å². The van der Waals surface area contributed by atoms with Crippen molar-refractivity contribution in [2.45, 2.75) is 25.6 Å². The number of ether oxygens (including phenoxy) is 1. The predicted octanol–water partition coefficient (Wildman–Crippen LogP) is 6.00. The van der Waals surface area contributed by atoms with E-state index >= 15 is 0 Å². The number of benzene rings is 1. The van der Waals surface area contributed by atoms with Crippen molar-refractivity contribution >= 4 is 34.3 Å². The lowest BCUT2D eigenvalue weighted by Gasteiger charge is -2.20. The number of nitrogens with one attached hydrogen (secondary N) is 1. The topological polar surface area (TPSA) is 80.2 Å². The molecule has 1 atom stereocenters. The Morgan fingerprint density at radius 1 is 1.12 bits per heavy atom. The maximum absolute atomic E-state index is 13.0. The first-order valence-corrected chi connectivity index (χ1v) is 11.4. The highest BCUT2D eigenvalue weighted by Crippen LogP contribution is 2.42. The summed E-state index contributed by atoms with van der Waals surface area (Å²) in [5.41, 5.74) is -0.151. The van der Waals surface area contributed by atoms with E-state index in [-0.39, 0.29) is 5.95 Å². The van der Waals surface area contributed by atoms with Crippen molar-refractivity contribution in [3.8, 4) is 16.2 Å². The van der Waals surface area contributed by atoms with E-state index in [0.29, 0.717) is 21.3 Å². The molecule has 33 heavy (non-hydrogen) atoms. The summed E-state index contributed by atoms with van der Waals surface area (Å²) in [5.74, 6) is 0.434. The number of methoxy groups -OCH3 is 1. The molecule has 4 rings (SSSR count). The number of halogens is 3. The number of rotatable bonds is 6. The predicted molar refractivity (Wildman–Crippen MR) is 122 cm³/mol. The number of thiazole rings is 1. The summed E-state index contributed by atoms with van der Waals surface area (Å²) in [6.07, 6.45) is -1.84. The first-order chi connectivity index (χ1) is 15.6. The van der Waals surface area contributed by atoms with E-state index in [4.69, 9.17) is 4.74 Å². The van der Waals surface area contributed by atoms with Crippen LogP contribution in [0.5, 0.6) is 5.75 Å². The van der Waals surface area contributed by atoms with Crippen LogP contribution in [0.1, 0.15) is 28.1 Å². The van der Waals surface area contributed by atoms with E-state index in [2.05, 4.69) is 20.3 Å². The summed E-state index contributed by atoms with van der Waals surface area (Å²) in [7, 11) is 1.55. The summed E-state index contributed by atoms with van der Waals surface area (Å²) >= 11 is 2.70. The second-order valence-electron chi connectivity index (χ2n) is 7.40. The lowest BCUT2D eigenvalue weighted by molar-refractivity contribution is -0.141. The van der Waals surface area contributed by atoms with Gasteiger partial charge in [0.05, 0.1) is 16.9 Å². The quantitative estimate of drug-likeness (QED) is 0.344. The number of aromatic nitrogens is 3. The zero-order valence-electron chi connectivity index (χ0n) is 17.8. The largest absolute Gasteiger partial charge is 0.495 e. The minimum absolute atomic E-state index is 0.154. The van der Waals surface area contributed by atoms with Crippen molar-refractivity contribution in [3.05, 3.63) is 69.2 Å². The highest BCUT2D eigenvalue weighted by atomic mass is 32.1. The average molecular weight is 493 g/mol. The Labute approximate surface area is 195 Å². The van der Waals surface area contributed by atoms with Crippen LogP contribution in [0.25, 0.3) is 10.4 Å². The SMILES string of the molecule is COc1ccsc1C(C)(O)c1ncc(-c2cc(C)cc(Nc3nccc(C(F)(F)F)n3)c2)s1. The van der Waals surface area contributed by atoms with Gasteiger partial charge in [-0.1, -0.05) is 6.07 Å². The number of hydrogen-bond acceptors (Lipinski definition) is 8. The summed E-state index contributed by atoms with van der Waals surface area (Å²) in [5, 5.41) is 16.3. The Morgan fingerprint density at radius 3 is 2.64 bits per heavy atom. The smallest absolute Gasteiger partial charge is 0.433 e. The van der Waals surface area contributed by atoms with Crippen molar-refractivity contribution in [1.82, 2.24) is 15.0 Å². The van der Waals surface area contributed by atoms with Crippen LogP contribution in [-0.2, 0) is 11.8 Å². The maximum Gasteiger partial charge on any atom is 0.433 e. The molecule has 3 aromatic heterocycles. The number of anilines is 2. The van der Waals surface area contributed by atoms with E-state index in [1.807, 2.05) is 18.4 Å². The lowest BCUT2D eigenvalue weighted by Crippen LogP contribution is -2.21. The molecule has 0 radical (unpaired) electrons. The first kappa shape index (κ1) is 23.1. The summed E-state index contributed by atoms with van der Waals surface area (Å²) in [4.78, 5) is 13.3. The van der Waals surface area contributed by atoms with Gasteiger partial charge in [-0.25, -0.2) is 15.0 Å². The first-order valence-electron chi connectivity index (χ1n) is 9.68. The highest BCUT2D eigenvalue weighted by molar-refractivity contribution is 7.15. The summed E-state index contributed by atoms with van der Waals surface area (Å²) < 4.78 is 44.2. The van der Waals surface area contributed by atoms with Crippen molar-refractivity contribution in [2.24, 2.45) is 0 Å². The molecule has 0 bridgehead atoms. The fourth-order valence-electron chi connectivity index (χ4n) is 3.25. The molecule has 0 aliphatic rings. The molecule has 0 saturated heterocycles. The third kappa shape index (κ3) is 4.85. The van der Waals surface area contributed by atoms with Crippen LogP contribution in [-0.4, -0.2) is 27.2 Å². The van der Waals surface area contributed by atoms with Crippen LogP contribution in [0.4, 0.5) is 24.8 Å². The maximum atomic E-state index is 13.0. The van der Waals surface area contributed by atoms with Gasteiger partial charge in [-0.05, 0) is 54.6 Å². The molecule has 0 aliphatic heterocycles. The van der Waals surface area contributed by atoms with Crippen LogP contribution >= 0.6 is 22.7 Å². The molecule has 11 heteroatoms. The van der Waals surface area contributed by atoms with Crippen molar-refractivity contribution in [3.63, 3.8) is 0 Å². The molecule has 0 aliphatic carbocycles. The molecule has 0 amide bonds. The molecule has 0 fully saturated rings. The number of hydrogen-bond donors (Lipinski definition) is 2. The number of aryl methyl sites for hydroxylation is 1. The molecule has 2 N–H and O–H groups in total. The second kappa shape index (κ2) is 8.73. The molecule has 3 heterocycles. The van der Waals surface area contributed by atoms with Gasteiger partial charge in [0.2, 0.25) is 5.95 Å². The van der Waals surface area contributed by atoms with Crippen LogP contribution in [0.15, 0.2) is 48.1 Å². The normalized spacial score (nSPS) is 13.5. The number of nitrogens with zero attached hydrogens (tertiary/aromatic N) is 3. The van der Waals surface area contributed by atoms with Gasteiger partial charge in [-0.3, -0.25) is 0 Å². The lowest BCUT2D eigenvalue weighted by atomic mass is 10.1. The molecular weight excluding hydrogens is 473 g/mol. The van der Waals surface area contributed by atoms with Crippen molar-refractivity contribution in [1.29, 1.82) is 0 Å². The van der Waals surface area contributed by atoms with Gasteiger partial charge in [0.1, 0.15) is 16.5 Å². The molecule has 6 nitrogen and oxygen atoms in total. The molecule has 1 aromatic carbocycles. The van der Waals surface area contributed by atoms with Crippen LogP contribution < -0.4 is 10.1 Å². The van der Waals surface area contributed by atoms with Gasteiger partial charge in [-0.2, -0.15) is 13.2 Å². The summed E-state index contributed by atoms with van der Waals surface area (Å²) in [6.45, 7) is 3.54. The van der Waals surface area contributed by atoms with Gasteiger partial charge in [0, 0.05) is 18.1 Å². The number of thiophene rings is 1. The van der Waals surface area contributed by atoms with E-state index in [9.17, 15) is 18.3 Å². The molecule has 172 valence electrons. The molecule has 1 unspecified atom stereocenters. The van der Waals surface area contributed by atoms with Gasteiger partial charge < -0.3 is 15.2 Å². The second-order valence-corrected chi connectivity index (χ2v) is 9.34. The minimum Gasteiger partial charge on any atom is -0.495 e. The fraction of sp³-hybridized carbons (Fsp3) is 0.227. The van der Waals surface area contributed by atoms with Crippen LogP contribution in [0.3, 0.4) is 0 Å². The zero-order valence-corrected chi connectivity index (χ0v) is 19.4. The van der Waals surface area contributed by atoms with Crippen molar-refractivity contribution < 1.29 is 23.0 Å². The Bertz CT molecular complexity index is 1280. The Balaban J connectivity index is 1.64. The highest BCUT2D eigenvalue weighted by Gasteiger charge is 2.34. The van der Waals surface area contributed by atoms with E-state index in [1.54, 1.807) is 38.4 Å².